The van der Waals surface area contributed by atoms with Crippen LogP contribution in [0.15, 0.2) is 60.7 Å². The first kappa shape index (κ1) is 19.2. The van der Waals surface area contributed by atoms with E-state index in [2.05, 4.69) is 15.3 Å². The standard InChI is InChI=1S/C21H21N3O4/c1-14(15-9-5-4-6-10-15)22-20(25)16-11-7-8-12-17(16)28-21-23-18(26-2)13-19(24-21)27-3/h4-14H,1-3H3,(H,22,25). The van der Waals surface area contributed by atoms with Crippen LogP contribution in [0.1, 0.15) is 28.9 Å². The van der Waals surface area contributed by atoms with E-state index in [1.165, 1.54) is 20.3 Å². The Labute approximate surface area is 163 Å². The number of hydrogen-bond donors (Lipinski definition) is 1. The lowest BCUT2D eigenvalue weighted by Crippen LogP contribution is -2.27. The van der Waals surface area contributed by atoms with Gasteiger partial charge in [-0.15, -0.1) is 0 Å². The maximum atomic E-state index is 12.8. The second kappa shape index (κ2) is 8.85. The van der Waals surface area contributed by atoms with Crippen LogP contribution in [0.25, 0.3) is 0 Å². The molecule has 1 unspecified atom stereocenters. The van der Waals surface area contributed by atoms with Gasteiger partial charge in [-0.25, -0.2) is 0 Å². The summed E-state index contributed by atoms with van der Waals surface area (Å²) in [5.41, 5.74) is 1.38. The number of carbonyl (C=O) groups is 1. The molecule has 1 atom stereocenters. The summed E-state index contributed by atoms with van der Waals surface area (Å²) in [6.45, 7) is 1.92. The third-order valence-corrected chi connectivity index (χ3v) is 4.06. The molecule has 0 saturated carbocycles. The van der Waals surface area contributed by atoms with Crippen molar-refractivity contribution in [2.24, 2.45) is 0 Å². The molecule has 0 spiro atoms. The number of para-hydroxylation sites is 1. The highest BCUT2D eigenvalue weighted by atomic mass is 16.5. The number of ether oxygens (including phenoxy) is 3. The number of nitrogens with one attached hydrogen (secondary N) is 1. The summed E-state index contributed by atoms with van der Waals surface area (Å²) in [6, 6.07) is 18.0. The van der Waals surface area contributed by atoms with E-state index in [0.717, 1.165) is 5.56 Å². The smallest absolute Gasteiger partial charge is 0.328 e. The third-order valence-electron chi connectivity index (χ3n) is 4.06. The molecular formula is C21H21N3O4. The molecule has 0 saturated heterocycles. The highest BCUT2D eigenvalue weighted by molar-refractivity contribution is 5.97. The molecule has 1 heterocycles. The molecule has 0 bridgehead atoms. The summed E-state index contributed by atoms with van der Waals surface area (Å²) >= 11 is 0. The van der Waals surface area contributed by atoms with Gasteiger partial charge in [-0.05, 0) is 24.6 Å². The molecule has 0 radical (unpaired) electrons. The molecule has 28 heavy (non-hydrogen) atoms. The first-order chi connectivity index (χ1) is 13.6. The van der Waals surface area contributed by atoms with E-state index in [1.807, 2.05) is 37.3 Å². The van der Waals surface area contributed by atoms with Crippen molar-refractivity contribution >= 4 is 5.91 Å². The number of amides is 1. The molecule has 1 N–H and O–H groups in total. The van der Waals surface area contributed by atoms with Crippen molar-refractivity contribution in [1.82, 2.24) is 15.3 Å². The van der Waals surface area contributed by atoms with Crippen LogP contribution in [0, 0.1) is 0 Å². The molecule has 1 aromatic heterocycles. The molecule has 3 rings (SSSR count). The first-order valence-corrected chi connectivity index (χ1v) is 8.70. The molecule has 1 amide bonds. The number of carbonyl (C=O) groups excluding carboxylic acids is 1. The monoisotopic (exact) mass is 379 g/mol. The topological polar surface area (TPSA) is 82.6 Å². The Bertz CT molecular complexity index is 925. The Hall–Kier alpha value is -3.61. The predicted molar refractivity (Wildman–Crippen MR) is 104 cm³/mol. The molecule has 0 aliphatic rings. The van der Waals surface area contributed by atoms with Gasteiger partial charge < -0.3 is 19.5 Å². The average molecular weight is 379 g/mol. The number of nitrogens with zero attached hydrogens (tertiary/aromatic N) is 2. The van der Waals surface area contributed by atoms with E-state index < -0.39 is 0 Å². The number of benzene rings is 2. The van der Waals surface area contributed by atoms with Crippen molar-refractivity contribution in [3.63, 3.8) is 0 Å². The maximum absolute atomic E-state index is 12.8. The normalized spacial score (nSPS) is 11.4. The van der Waals surface area contributed by atoms with Crippen LogP contribution in [0.2, 0.25) is 0 Å². The van der Waals surface area contributed by atoms with E-state index >= 15 is 0 Å². The second-order valence-electron chi connectivity index (χ2n) is 5.94. The van der Waals surface area contributed by atoms with Crippen LogP contribution >= 0.6 is 0 Å². The lowest BCUT2D eigenvalue weighted by atomic mass is 10.1. The fourth-order valence-corrected chi connectivity index (χ4v) is 2.58. The summed E-state index contributed by atoms with van der Waals surface area (Å²) in [4.78, 5) is 21.1. The minimum Gasteiger partial charge on any atom is -0.481 e. The zero-order valence-corrected chi connectivity index (χ0v) is 15.9. The molecule has 7 heteroatoms. The molecule has 144 valence electrons. The molecule has 2 aromatic carbocycles. The van der Waals surface area contributed by atoms with Gasteiger partial charge >= 0.3 is 6.01 Å². The van der Waals surface area contributed by atoms with Crippen LogP contribution in [0.4, 0.5) is 0 Å². The third kappa shape index (κ3) is 4.56. The van der Waals surface area contributed by atoms with Crippen LogP contribution in [0.3, 0.4) is 0 Å². The zero-order valence-electron chi connectivity index (χ0n) is 15.9. The SMILES string of the molecule is COc1cc(OC)nc(Oc2ccccc2C(=O)NC(C)c2ccccc2)n1. The Morgan fingerprint density at radius 1 is 0.929 bits per heavy atom. The zero-order chi connectivity index (χ0) is 19.9. The minimum atomic E-state index is -0.262. The Balaban J connectivity index is 1.82. The van der Waals surface area contributed by atoms with E-state index in [4.69, 9.17) is 14.2 Å². The Kier molecular flexibility index (Phi) is 6.06. The lowest BCUT2D eigenvalue weighted by molar-refractivity contribution is 0.0937. The lowest BCUT2D eigenvalue weighted by Gasteiger charge is -2.16. The van der Waals surface area contributed by atoms with Crippen LogP contribution in [-0.2, 0) is 0 Å². The Morgan fingerprint density at radius 2 is 1.54 bits per heavy atom. The van der Waals surface area contributed by atoms with Gasteiger partial charge in [0.2, 0.25) is 11.8 Å². The van der Waals surface area contributed by atoms with Crippen molar-refractivity contribution < 1.29 is 19.0 Å². The molecule has 7 nitrogen and oxygen atoms in total. The predicted octanol–water partition coefficient (Wildman–Crippen LogP) is 3.78. The van der Waals surface area contributed by atoms with E-state index in [9.17, 15) is 4.79 Å². The van der Waals surface area contributed by atoms with Crippen molar-refractivity contribution in [2.45, 2.75) is 13.0 Å². The minimum absolute atomic E-state index is 0.0209. The molecular weight excluding hydrogens is 358 g/mol. The van der Waals surface area contributed by atoms with Crippen molar-refractivity contribution in [3.8, 4) is 23.5 Å². The number of hydrogen-bond acceptors (Lipinski definition) is 6. The van der Waals surface area contributed by atoms with E-state index in [0.29, 0.717) is 23.1 Å². The van der Waals surface area contributed by atoms with Gasteiger partial charge in [0.1, 0.15) is 5.75 Å². The quantitative estimate of drug-likeness (QED) is 0.673. The molecule has 0 fully saturated rings. The van der Waals surface area contributed by atoms with Gasteiger partial charge in [0, 0.05) is 0 Å². The summed E-state index contributed by atoms with van der Waals surface area (Å²) in [5.74, 6) is 0.653. The largest absolute Gasteiger partial charge is 0.481 e. The van der Waals surface area contributed by atoms with Crippen molar-refractivity contribution in [1.29, 1.82) is 0 Å². The van der Waals surface area contributed by atoms with Gasteiger partial charge in [0.25, 0.3) is 5.91 Å². The van der Waals surface area contributed by atoms with Gasteiger partial charge in [-0.3, -0.25) is 4.79 Å². The summed E-state index contributed by atoms with van der Waals surface area (Å²) in [5, 5.41) is 2.97. The number of rotatable bonds is 7. The van der Waals surface area contributed by atoms with Crippen LogP contribution in [0.5, 0.6) is 23.5 Å². The Morgan fingerprint density at radius 3 is 2.18 bits per heavy atom. The first-order valence-electron chi connectivity index (χ1n) is 8.70. The van der Waals surface area contributed by atoms with Crippen LogP contribution in [-0.4, -0.2) is 30.1 Å². The molecule has 3 aromatic rings. The number of aromatic nitrogens is 2. The second-order valence-corrected chi connectivity index (χ2v) is 5.94. The van der Waals surface area contributed by atoms with Gasteiger partial charge in [-0.2, -0.15) is 9.97 Å². The average Bonchev–Trinajstić information content (AvgIpc) is 2.74. The van der Waals surface area contributed by atoms with Gasteiger partial charge in [-0.1, -0.05) is 42.5 Å². The van der Waals surface area contributed by atoms with E-state index in [1.54, 1.807) is 24.3 Å². The summed E-state index contributed by atoms with van der Waals surface area (Å²) in [6.07, 6.45) is 0. The number of methoxy groups -OCH3 is 2. The van der Waals surface area contributed by atoms with Crippen molar-refractivity contribution in [2.75, 3.05) is 14.2 Å². The summed E-state index contributed by atoms with van der Waals surface area (Å²) < 4.78 is 16.0. The van der Waals surface area contributed by atoms with Crippen molar-refractivity contribution in [3.05, 3.63) is 71.8 Å². The van der Waals surface area contributed by atoms with Gasteiger partial charge in [0.05, 0.1) is 31.9 Å². The highest BCUT2D eigenvalue weighted by Crippen LogP contribution is 2.27. The fraction of sp³-hybridized carbons (Fsp3) is 0.190. The van der Waals surface area contributed by atoms with Crippen LogP contribution < -0.4 is 19.5 Å². The highest BCUT2D eigenvalue weighted by Gasteiger charge is 2.17. The molecule has 0 aliphatic carbocycles. The summed E-state index contributed by atoms with van der Waals surface area (Å²) in [7, 11) is 2.97. The van der Waals surface area contributed by atoms with Gasteiger partial charge in [0.15, 0.2) is 0 Å². The fourth-order valence-electron chi connectivity index (χ4n) is 2.58. The maximum Gasteiger partial charge on any atom is 0.328 e. The van der Waals surface area contributed by atoms with E-state index in [-0.39, 0.29) is 18.0 Å². The molecule has 0 aliphatic heterocycles.